The molecule has 100 valence electrons. The maximum absolute atomic E-state index is 6.24. The zero-order valence-corrected chi connectivity index (χ0v) is 14.1. The Bertz CT molecular complexity index is 570. The number of thioether (sulfide) groups is 1. The maximum Gasteiger partial charge on any atom is 0.142 e. The van der Waals surface area contributed by atoms with Crippen molar-refractivity contribution < 1.29 is 0 Å². The van der Waals surface area contributed by atoms with Gasteiger partial charge in [0, 0.05) is 4.47 Å². The Balaban J connectivity index is 2.42. The van der Waals surface area contributed by atoms with Crippen molar-refractivity contribution in [2.24, 2.45) is 0 Å². The quantitative estimate of drug-likeness (QED) is 0.661. The summed E-state index contributed by atoms with van der Waals surface area (Å²) in [7, 11) is 0. The van der Waals surface area contributed by atoms with Crippen LogP contribution in [0.4, 0.5) is 0 Å². The normalized spacial score (nSPS) is 10.7. The molecule has 2 nitrogen and oxygen atoms in total. The molecule has 0 fully saturated rings. The van der Waals surface area contributed by atoms with Crippen LogP contribution in [0.2, 0.25) is 10.3 Å². The van der Waals surface area contributed by atoms with E-state index in [0.717, 1.165) is 15.8 Å². The van der Waals surface area contributed by atoms with E-state index >= 15 is 0 Å². The first-order chi connectivity index (χ1) is 9.11. The second-order valence-electron chi connectivity index (χ2n) is 3.74. The Morgan fingerprint density at radius 2 is 1.89 bits per heavy atom. The molecule has 2 aromatic rings. The van der Waals surface area contributed by atoms with Crippen molar-refractivity contribution in [3.63, 3.8) is 0 Å². The summed E-state index contributed by atoms with van der Waals surface area (Å²) in [6.45, 7) is 2.09. The third-order valence-electron chi connectivity index (χ3n) is 2.42. The van der Waals surface area contributed by atoms with Gasteiger partial charge in [0.1, 0.15) is 16.1 Å². The summed E-state index contributed by atoms with van der Waals surface area (Å²) >= 11 is 17.6. The first kappa shape index (κ1) is 15.1. The largest absolute Gasteiger partial charge is 0.220 e. The fraction of sp³-hybridized carbons (Fsp3) is 0.231. The molecular formula is C13H11BrCl2N2S. The van der Waals surface area contributed by atoms with E-state index in [9.17, 15) is 0 Å². The Kier molecular flexibility index (Phi) is 5.51. The summed E-state index contributed by atoms with van der Waals surface area (Å²) in [5.74, 6) is 2.39. The maximum atomic E-state index is 6.24. The number of rotatable bonds is 4. The van der Waals surface area contributed by atoms with Crippen molar-refractivity contribution in [1.82, 2.24) is 9.97 Å². The van der Waals surface area contributed by atoms with Crippen molar-refractivity contribution in [3.05, 3.63) is 44.9 Å². The Morgan fingerprint density at radius 3 is 2.47 bits per heavy atom. The van der Waals surface area contributed by atoms with E-state index in [1.807, 2.05) is 24.3 Å². The Hall–Kier alpha value is -0.290. The van der Waals surface area contributed by atoms with Crippen LogP contribution in [0, 0.1) is 0 Å². The second-order valence-corrected chi connectivity index (χ2v) is 6.65. The van der Waals surface area contributed by atoms with Gasteiger partial charge in [-0.25, -0.2) is 9.97 Å². The topological polar surface area (TPSA) is 25.8 Å². The van der Waals surface area contributed by atoms with Gasteiger partial charge < -0.3 is 0 Å². The summed E-state index contributed by atoms with van der Waals surface area (Å²) in [5, 5.41) is 0.787. The molecule has 0 amide bonds. The monoisotopic (exact) mass is 376 g/mol. The lowest BCUT2D eigenvalue weighted by Gasteiger charge is -2.08. The molecule has 19 heavy (non-hydrogen) atoms. The molecule has 0 aliphatic rings. The van der Waals surface area contributed by atoms with Gasteiger partial charge in [-0.15, -0.1) is 0 Å². The number of benzene rings is 1. The summed E-state index contributed by atoms with van der Waals surface area (Å²) in [6, 6.07) is 7.74. The molecule has 0 saturated heterocycles. The van der Waals surface area contributed by atoms with Crippen molar-refractivity contribution in [2.45, 2.75) is 12.7 Å². The number of halogens is 3. The molecule has 0 atom stereocenters. The molecule has 0 saturated carbocycles. The number of hydrogen-bond acceptors (Lipinski definition) is 3. The van der Waals surface area contributed by atoms with Gasteiger partial charge in [0.2, 0.25) is 0 Å². The summed E-state index contributed by atoms with van der Waals surface area (Å²) in [5.41, 5.74) is 1.58. The predicted octanol–water partition coefficient (Wildman–Crippen LogP) is 5.47. The minimum Gasteiger partial charge on any atom is -0.220 e. The lowest BCUT2D eigenvalue weighted by atomic mass is 10.1. The van der Waals surface area contributed by atoms with E-state index in [-0.39, 0.29) is 0 Å². The number of nitrogens with zero attached hydrogens (tertiary/aromatic N) is 2. The first-order valence-corrected chi connectivity index (χ1v) is 8.37. The SMILES string of the molecule is CCSCc1nc(Cl)c(-c2cccc(Br)c2)c(Cl)n1. The molecule has 2 rings (SSSR count). The zero-order chi connectivity index (χ0) is 13.8. The highest BCUT2D eigenvalue weighted by atomic mass is 79.9. The highest BCUT2D eigenvalue weighted by Crippen LogP contribution is 2.34. The van der Waals surface area contributed by atoms with E-state index in [0.29, 0.717) is 27.4 Å². The minimum atomic E-state index is 0.393. The van der Waals surface area contributed by atoms with E-state index in [4.69, 9.17) is 23.2 Å². The van der Waals surface area contributed by atoms with Gasteiger partial charge in [-0.2, -0.15) is 11.8 Å². The second kappa shape index (κ2) is 6.93. The van der Waals surface area contributed by atoms with Crippen LogP contribution in [0.5, 0.6) is 0 Å². The molecule has 0 radical (unpaired) electrons. The summed E-state index contributed by atoms with van der Waals surface area (Å²) in [6.07, 6.45) is 0. The molecule has 0 N–H and O–H groups in total. The Labute approximate surface area is 135 Å². The third-order valence-corrected chi connectivity index (χ3v) is 4.33. The van der Waals surface area contributed by atoms with Crippen LogP contribution in [-0.4, -0.2) is 15.7 Å². The van der Waals surface area contributed by atoms with Gasteiger partial charge in [-0.3, -0.25) is 0 Å². The standard InChI is InChI=1S/C13H11BrCl2N2S/c1-2-19-7-10-17-12(15)11(13(16)18-10)8-4-3-5-9(14)6-8/h3-6H,2,7H2,1H3. The summed E-state index contributed by atoms with van der Waals surface area (Å²) < 4.78 is 0.961. The van der Waals surface area contributed by atoms with E-state index in [1.165, 1.54) is 0 Å². The molecular weight excluding hydrogens is 367 g/mol. The molecule has 0 aliphatic carbocycles. The number of aromatic nitrogens is 2. The number of hydrogen-bond donors (Lipinski definition) is 0. The molecule has 6 heteroatoms. The highest BCUT2D eigenvalue weighted by molar-refractivity contribution is 9.10. The first-order valence-electron chi connectivity index (χ1n) is 5.67. The minimum absolute atomic E-state index is 0.393. The average molecular weight is 378 g/mol. The van der Waals surface area contributed by atoms with Gasteiger partial charge >= 0.3 is 0 Å². The molecule has 0 spiro atoms. The van der Waals surface area contributed by atoms with Crippen molar-refractivity contribution in [2.75, 3.05) is 5.75 Å². The van der Waals surface area contributed by atoms with Crippen LogP contribution in [0.3, 0.4) is 0 Å². The summed E-state index contributed by atoms with van der Waals surface area (Å²) in [4.78, 5) is 8.62. The van der Waals surface area contributed by atoms with E-state index in [1.54, 1.807) is 11.8 Å². The van der Waals surface area contributed by atoms with Gasteiger partial charge in [0.25, 0.3) is 0 Å². The van der Waals surface area contributed by atoms with Gasteiger partial charge in [-0.1, -0.05) is 58.2 Å². The van der Waals surface area contributed by atoms with Crippen LogP contribution < -0.4 is 0 Å². The van der Waals surface area contributed by atoms with Crippen LogP contribution in [-0.2, 0) is 5.75 Å². The van der Waals surface area contributed by atoms with Crippen molar-refractivity contribution >= 4 is 50.9 Å². The van der Waals surface area contributed by atoms with Crippen LogP contribution >= 0.6 is 50.9 Å². The van der Waals surface area contributed by atoms with Gasteiger partial charge in [-0.05, 0) is 23.4 Å². The average Bonchev–Trinajstić information content (AvgIpc) is 2.35. The van der Waals surface area contributed by atoms with E-state index < -0.39 is 0 Å². The van der Waals surface area contributed by atoms with Crippen LogP contribution in [0.1, 0.15) is 12.7 Å². The van der Waals surface area contributed by atoms with Crippen LogP contribution in [0.15, 0.2) is 28.7 Å². The predicted molar refractivity (Wildman–Crippen MR) is 87.0 cm³/mol. The molecule has 1 aromatic heterocycles. The van der Waals surface area contributed by atoms with Crippen molar-refractivity contribution in [1.29, 1.82) is 0 Å². The molecule has 0 aliphatic heterocycles. The molecule has 1 aromatic carbocycles. The van der Waals surface area contributed by atoms with Gasteiger partial charge in [0.05, 0.1) is 11.3 Å². The lowest BCUT2D eigenvalue weighted by molar-refractivity contribution is 1.04. The highest BCUT2D eigenvalue weighted by Gasteiger charge is 2.13. The van der Waals surface area contributed by atoms with E-state index in [2.05, 4.69) is 32.8 Å². The third kappa shape index (κ3) is 3.85. The van der Waals surface area contributed by atoms with Gasteiger partial charge in [0.15, 0.2) is 0 Å². The fourth-order valence-corrected chi connectivity index (χ4v) is 3.14. The lowest BCUT2D eigenvalue weighted by Crippen LogP contribution is -1.97. The fourth-order valence-electron chi connectivity index (χ4n) is 1.59. The smallest absolute Gasteiger partial charge is 0.142 e. The zero-order valence-electron chi connectivity index (χ0n) is 10.2. The van der Waals surface area contributed by atoms with Crippen molar-refractivity contribution in [3.8, 4) is 11.1 Å². The Morgan fingerprint density at radius 1 is 1.21 bits per heavy atom. The molecule has 0 bridgehead atoms. The molecule has 1 heterocycles. The molecule has 0 unspecified atom stereocenters. The van der Waals surface area contributed by atoms with Crippen LogP contribution in [0.25, 0.3) is 11.1 Å².